The molecule has 0 unspecified atom stereocenters. The van der Waals surface area contributed by atoms with Crippen molar-refractivity contribution < 1.29 is 26.4 Å². The maximum Gasteiger partial charge on any atom is 0.261 e. The Bertz CT molecular complexity index is 607. The molecule has 1 aromatic rings. The van der Waals surface area contributed by atoms with E-state index in [1.54, 1.807) is 5.32 Å². The Kier molecular flexibility index (Phi) is 5.05. The fourth-order valence-electron chi connectivity index (χ4n) is 1.14. The van der Waals surface area contributed by atoms with Crippen LogP contribution in [0.15, 0.2) is 17.0 Å². The van der Waals surface area contributed by atoms with E-state index in [-0.39, 0.29) is 0 Å². The topological polar surface area (TPSA) is 63.2 Å². The molecule has 0 saturated carbocycles. The Balaban J connectivity index is 3.20. The van der Waals surface area contributed by atoms with Crippen molar-refractivity contribution in [2.75, 3.05) is 6.54 Å². The highest BCUT2D eigenvalue weighted by atomic mass is 35.7. The molecule has 1 amide bonds. The van der Waals surface area contributed by atoms with Crippen LogP contribution in [0.1, 0.15) is 10.4 Å². The first kappa shape index (κ1) is 16.1. The molecule has 0 aliphatic rings. The third-order valence-electron chi connectivity index (χ3n) is 1.94. The number of alkyl halides is 2. The van der Waals surface area contributed by atoms with Gasteiger partial charge in [0.1, 0.15) is 5.82 Å². The first-order chi connectivity index (χ1) is 8.62. The number of carbonyl (C=O) groups excluding carboxylic acids is 1. The summed E-state index contributed by atoms with van der Waals surface area (Å²) in [6.07, 6.45) is -2.81. The molecule has 0 aliphatic carbocycles. The summed E-state index contributed by atoms with van der Waals surface area (Å²) in [5, 5.41) is 1.08. The first-order valence-corrected chi connectivity index (χ1v) is 7.31. The van der Waals surface area contributed by atoms with Crippen LogP contribution in [0.25, 0.3) is 0 Å². The van der Waals surface area contributed by atoms with Crippen LogP contribution < -0.4 is 5.32 Å². The molecule has 1 aromatic carbocycles. The SMILES string of the molecule is O=C(NCC(F)F)c1cc(S(=O)(=O)Cl)cc(F)c1Cl. The first-order valence-electron chi connectivity index (χ1n) is 4.63. The van der Waals surface area contributed by atoms with E-state index >= 15 is 0 Å². The summed E-state index contributed by atoms with van der Waals surface area (Å²) in [5.74, 6) is -2.34. The average Bonchev–Trinajstić information content (AvgIpc) is 2.27. The van der Waals surface area contributed by atoms with Gasteiger partial charge in [-0.2, -0.15) is 0 Å². The van der Waals surface area contributed by atoms with E-state index in [1.165, 1.54) is 0 Å². The van der Waals surface area contributed by atoms with Crippen LogP contribution in [-0.4, -0.2) is 27.3 Å². The molecular formula is C9H6Cl2F3NO3S. The highest BCUT2D eigenvalue weighted by molar-refractivity contribution is 8.13. The quantitative estimate of drug-likeness (QED) is 0.859. The van der Waals surface area contributed by atoms with Gasteiger partial charge in [-0.15, -0.1) is 0 Å². The number of hydrogen-bond donors (Lipinski definition) is 1. The fraction of sp³-hybridized carbons (Fsp3) is 0.222. The van der Waals surface area contributed by atoms with Crippen molar-refractivity contribution in [1.29, 1.82) is 0 Å². The largest absolute Gasteiger partial charge is 0.346 e. The maximum absolute atomic E-state index is 13.3. The summed E-state index contributed by atoms with van der Waals surface area (Å²) in [5.41, 5.74) is -0.596. The lowest BCUT2D eigenvalue weighted by molar-refractivity contribution is 0.0891. The van der Waals surface area contributed by atoms with Crippen molar-refractivity contribution in [3.05, 3.63) is 28.5 Å². The van der Waals surface area contributed by atoms with Gasteiger partial charge in [-0.25, -0.2) is 21.6 Å². The molecule has 0 aromatic heterocycles. The summed E-state index contributed by atoms with van der Waals surface area (Å²) in [4.78, 5) is 10.8. The van der Waals surface area contributed by atoms with Gasteiger partial charge in [0.25, 0.3) is 21.4 Å². The minimum absolute atomic E-state index is 0.522. The second-order valence-corrected chi connectivity index (χ2v) is 6.25. The molecule has 0 saturated heterocycles. The van der Waals surface area contributed by atoms with Crippen molar-refractivity contribution in [3.63, 3.8) is 0 Å². The smallest absolute Gasteiger partial charge is 0.261 e. The van der Waals surface area contributed by atoms with E-state index in [2.05, 4.69) is 0 Å². The van der Waals surface area contributed by atoms with Crippen molar-refractivity contribution in [2.45, 2.75) is 11.3 Å². The van der Waals surface area contributed by atoms with E-state index in [9.17, 15) is 26.4 Å². The predicted molar refractivity (Wildman–Crippen MR) is 62.8 cm³/mol. The van der Waals surface area contributed by atoms with Gasteiger partial charge in [-0.05, 0) is 12.1 Å². The fourth-order valence-corrected chi connectivity index (χ4v) is 2.10. The van der Waals surface area contributed by atoms with Crippen LogP contribution in [-0.2, 0) is 9.05 Å². The number of rotatable bonds is 4. The van der Waals surface area contributed by atoms with Gasteiger partial charge in [0.2, 0.25) is 0 Å². The van der Waals surface area contributed by atoms with Crippen molar-refractivity contribution in [2.24, 2.45) is 0 Å². The predicted octanol–water partition coefficient (Wildman–Crippen LogP) is 2.40. The zero-order valence-corrected chi connectivity index (χ0v) is 11.3. The summed E-state index contributed by atoms with van der Waals surface area (Å²) in [7, 11) is 0.714. The van der Waals surface area contributed by atoms with E-state index in [4.69, 9.17) is 22.3 Å². The van der Waals surface area contributed by atoms with Gasteiger partial charge in [-0.1, -0.05) is 11.6 Å². The zero-order chi connectivity index (χ0) is 14.8. The van der Waals surface area contributed by atoms with Crippen LogP contribution in [0.2, 0.25) is 5.02 Å². The number of halogens is 5. The summed E-state index contributed by atoms with van der Waals surface area (Å²) >= 11 is 5.46. The van der Waals surface area contributed by atoms with Crippen LogP contribution >= 0.6 is 22.3 Å². The summed E-state index contributed by atoms with van der Waals surface area (Å²) in [6.45, 7) is -0.978. The molecule has 0 spiro atoms. The molecule has 0 aliphatic heterocycles. The third kappa shape index (κ3) is 4.26. The van der Waals surface area contributed by atoms with Crippen LogP contribution in [0.5, 0.6) is 0 Å². The molecule has 19 heavy (non-hydrogen) atoms. The molecule has 0 radical (unpaired) electrons. The minimum atomic E-state index is -4.28. The molecule has 106 valence electrons. The normalized spacial score (nSPS) is 11.7. The van der Waals surface area contributed by atoms with Gasteiger partial charge in [-0.3, -0.25) is 4.79 Å². The molecule has 1 rings (SSSR count). The number of benzene rings is 1. The number of amides is 1. The lowest BCUT2D eigenvalue weighted by Crippen LogP contribution is -2.29. The van der Waals surface area contributed by atoms with E-state index in [1.807, 2.05) is 0 Å². The number of carbonyl (C=O) groups is 1. The molecule has 1 N–H and O–H groups in total. The Morgan fingerprint density at radius 2 is 1.95 bits per heavy atom. The summed E-state index contributed by atoms with van der Waals surface area (Å²) in [6, 6.07) is 1.23. The molecule has 10 heteroatoms. The Labute approximate surface area is 115 Å². The second-order valence-electron chi connectivity index (χ2n) is 3.31. The molecule has 4 nitrogen and oxygen atoms in total. The highest BCUT2D eigenvalue weighted by Crippen LogP contribution is 2.26. The second kappa shape index (κ2) is 5.98. The van der Waals surface area contributed by atoms with E-state index in [0.29, 0.717) is 12.1 Å². The van der Waals surface area contributed by atoms with E-state index in [0.717, 1.165) is 0 Å². The van der Waals surface area contributed by atoms with Gasteiger partial charge >= 0.3 is 0 Å². The highest BCUT2D eigenvalue weighted by Gasteiger charge is 2.21. The minimum Gasteiger partial charge on any atom is -0.346 e. The average molecular weight is 336 g/mol. The van der Waals surface area contributed by atoms with Crippen molar-refractivity contribution >= 4 is 37.2 Å². The summed E-state index contributed by atoms with van der Waals surface area (Å²) < 4.78 is 59.3. The Morgan fingerprint density at radius 3 is 2.42 bits per heavy atom. The van der Waals surface area contributed by atoms with Crippen LogP contribution in [0.3, 0.4) is 0 Å². The van der Waals surface area contributed by atoms with Gasteiger partial charge in [0.15, 0.2) is 0 Å². The molecule has 0 heterocycles. The maximum atomic E-state index is 13.3. The third-order valence-corrected chi connectivity index (χ3v) is 3.66. The van der Waals surface area contributed by atoms with Gasteiger partial charge in [0, 0.05) is 10.7 Å². The monoisotopic (exact) mass is 335 g/mol. The van der Waals surface area contributed by atoms with Crippen LogP contribution in [0, 0.1) is 5.82 Å². The molecule has 0 fully saturated rings. The molecular weight excluding hydrogens is 330 g/mol. The lowest BCUT2D eigenvalue weighted by Gasteiger charge is -2.08. The number of hydrogen-bond acceptors (Lipinski definition) is 3. The Morgan fingerprint density at radius 1 is 1.37 bits per heavy atom. The van der Waals surface area contributed by atoms with Crippen LogP contribution in [0.4, 0.5) is 13.2 Å². The van der Waals surface area contributed by atoms with E-state index < -0.39 is 49.2 Å². The van der Waals surface area contributed by atoms with Crippen molar-refractivity contribution in [3.8, 4) is 0 Å². The van der Waals surface area contributed by atoms with Gasteiger partial charge < -0.3 is 5.32 Å². The van der Waals surface area contributed by atoms with Crippen molar-refractivity contribution in [1.82, 2.24) is 5.32 Å². The zero-order valence-electron chi connectivity index (χ0n) is 8.96. The Hall–Kier alpha value is -0.990. The lowest BCUT2D eigenvalue weighted by atomic mass is 10.2. The van der Waals surface area contributed by atoms with Gasteiger partial charge in [0.05, 0.1) is 22.0 Å². The molecule has 0 atom stereocenters. The number of nitrogens with one attached hydrogen (secondary N) is 1. The molecule has 0 bridgehead atoms. The standard InChI is InChI=1S/C9H6Cl2F3NO3S/c10-8-5(9(16)15-3-7(13)14)1-4(2-6(8)12)19(11,17)18/h1-2,7H,3H2,(H,15,16).